The Labute approximate surface area is 306 Å². The Morgan fingerprint density at radius 2 is 1.44 bits per heavy atom. The van der Waals surface area contributed by atoms with Gasteiger partial charge in [-0.15, -0.1) is 0 Å². The van der Waals surface area contributed by atoms with Gasteiger partial charge in [-0.05, 0) is 56.9 Å². The first-order valence-corrected chi connectivity index (χ1v) is 17.9. The van der Waals surface area contributed by atoms with Crippen molar-refractivity contribution in [1.82, 2.24) is 21.3 Å². The van der Waals surface area contributed by atoms with Crippen molar-refractivity contribution in [2.75, 3.05) is 7.11 Å². The number of alkyl carbamates (subject to hydrolysis) is 1. The summed E-state index contributed by atoms with van der Waals surface area (Å²) in [6.45, 7) is 16.4. The van der Waals surface area contributed by atoms with Crippen LogP contribution in [0.3, 0.4) is 0 Å². The van der Waals surface area contributed by atoms with E-state index in [0.717, 1.165) is 0 Å². The molecular formula is C40H54N4O8. The molecule has 0 aliphatic carbocycles. The molecule has 4 rings (SSSR count). The van der Waals surface area contributed by atoms with E-state index >= 15 is 9.59 Å². The number of esters is 1. The molecule has 12 heteroatoms. The zero-order chi connectivity index (χ0) is 38.9. The number of Topliss-reactive ketones (excluding diaryl/α,β-unsaturated/α-hetero) is 3. The fourth-order valence-corrected chi connectivity index (χ4v) is 7.85. The van der Waals surface area contributed by atoms with Gasteiger partial charge in [-0.3, -0.25) is 14.4 Å². The topological polar surface area (TPSA) is 169 Å². The number of aldehydes is 1. The number of methoxy groups -OCH3 is 1. The molecule has 282 valence electrons. The van der Waals surface area contributed by atoms with E-state index in [0.29, 0.717) is 18.3 Å². The lowest BCUT2D eigenvalue weighted by molar-refractivity contribution is -0.148. The number of nitrogens with one attached hydrogen (secondary N) is 4. The summed E-state index contributed by atoms with van der Waals surface area (Å²) in [5, 5.41) is 12.3. The minimum Gasteiger partial charge on any atom is -0.467 e. The lowest BCUT2D eigenvalue weighted by atomic mass is 9.67. The van der Waals surface area contributed by atoms with Crippen LogP contribution < -0.4 is 21.3 Å². The number of hydrogen-bond acceptors (Lipinski definition) is 11. The van der Waals surface area contributed by atoms with Crippen LogP contribution in [-0.2, 0) is 39.9 Å². The smallest absolute Gasteiger partial charge is 0.408 e. The average Bonchev–Trinajstić information content (AvgIpc) is 3.67. The predicted octanol–water partition coefficient (Wildman–Crippen LogP) is 4.39. The Hall–Kier alpha value is -4.74. The number of ketones is 3. The number of amides is 1. The average molecular weight is 719 g/mol. The Morgan fingerprint density at radius 1 is 0.827 bits per heavy atom. The van der Waals surface area contributed by atoms with E-state index in [1.807, 2.05) is 27.7 Å². The summed E-state index contributed by atoms with van der Waals surface area (Å²) in [6.07, 6.45) is 4.52. The zero-order valence-corrected chi connectivity index (χ0v) is 32.0. The summed E-state index contributed by atoms with van der Waals surface area (Å²) < 4.78 is 10.8. The van der Waals surface area contributed by atoms with Gasteiger partial charge in [0, 0.05) is 42.6 Å². The summed E-state index contributed by atoms with van der Waals surface area (Å²) in [5.74, 6) is -2.94. The van der Waals surface area contributed by atoms with Gasteiger partial charge in [0.1, 0.15) is 28.5 Å². The maximum atomic E-state index is 15.2. The minimum absolute atomic E-state index is 0.0683. The monoisotopic (exact) mass is 718 g/mol. The summed E-state index contributed by atoms with van der Waals surface area (Å²) in [5.41, 5.74) is -6.70. The first-order valence-electron chi connectivity index (χ1n) is 17.9. The van der Waals surface area contributed by atoms with E-state index in [9.17, 15) is 19.2 Å². The van der Waals surface area contributed by atoms with Crippen molar-refractivity contribution in [2.24, 2.45) is 17.8 Å². The third kappa shape index (κ3) is 7.04. The van der Waals surface area contributed by atoms with Gasteiger partial charge in [0.2, 0.25) is 0 Å². The van der Waals surface area contributed by atoms with Crippen molar-refractivity contribution in [1.29, 1.82) is 0 Å². The first kappa shape index (κ1) is 40.0. The Kier molecular flexibility index (Phi) is 11.3. The van der Waals surface area contributed by atoms with Crippen molar-refractivity contribution in [3.8, 4) is 0 Å². The van der Waals surface area contributed by atoms with Gasteiger partial charge in [0.05, 0.1) is 12.7 Å². The third-order valence-corrected chi connectivity index (χ3v) is 9.99. The Morgan fingerprint density at radius 3 is 1.98 bits per heavy atom. The second kappa shape index (κ2) is 14.7. The van der Waals surface area contributed by atoms with E-state index in [4.69, 9.17) is 9.47 Å². The molecule has 3 heterocycles. The van der Waals surface area contributed by atoms with Gasteiger partial charge in [-0.2, -0.15) is 0 Å². The quantitative estimate of drug-likeness (QED) is 0.159. The molecular weight excluding hydrogens is 664 g/mol. The third-order valence-electron chi connectivity index (χ3n) is 9.99. The molecule has 4 N–H and O–H groups in total. The summed E-state index contributed by atoms with van der Waals surface area (Å²) in [6, 6.07) is 8.86. The Bertz CT molecular complexity index is 1700. The van der Waals surface area contributed by atoms with Crippen molar-refractivity contribution in [3.05, 3.63) is 71.2 Å². The molecule has 1 amide bonds. The summed E-state index contributed by atoms with van der Waals surface area (Å²) in [7, 11) is 1.17. The molecule has 12 nitrogen and oxygen atoms in total. The van der Waals surface area contributed by atoms with E-state index < -0.39 is 57.3 Å². The van der Waals surface area contributed by atoms with Crippen LogP contribution in [0, 0.1) is 17.8 Å². The van der Waals surface area contributed by atoms with Crippen LogP contribution in [0.4, 0.5) is 4.79 Å². The highest BCUT2D eigenvalue weighted by atomic mass is 16.6. The fraction of sp³-hybridized carbons (Fsp3) is 0.550. The van der Waals surface area contributed by atoms with Gasteiger partial charge in [0.25, 0.3) is 0 Å². The van der Waals surface area contributed by atoms with Crippen molar-refractivity contribution in [3.63, 3.8) is 0 Å². The molecule has 0 saturated carbocycles. The highest BCUT2D eigenvalue weighted by molar-refractivity contribution is 6.24. The zero-order valence-electron chi connectivity index (χ0n) is 32.0. The number of ether oxygens (including phenoxy) is 2. The van der Waals surface area contributed by atoms with Crippen molar-refractivity contribution >= 4 is 35.7 Å². The SMILES string of the molecule is COC(=O)[C@@](Cc1ccccc1)(NC(=O)OC(C)(C)C)C1=CN[C@](C2=CN[C@@](CC(C)C)(C3=CN[C@](CC=O)(CC(C)C)C3=O)C2=O)(C(C)C)C1=O. The molecule has 4 atom stereocenters. The molecule has 0 unspecified atom stereocenters. The molecule has 0 radical (unpaired) electrons. The first-order chi connectivity index (χ1) is 24.2. The summed E-state index contributed by atoms with van der Waals surface area (Å²) in [4.78, 5) is 83.8. The molecule has 52 heavy (non-hydrogen) atoms. The van der Waals surface area contributed by atoms with E-state index in [2.05, 4.69) is 21.3 Å². The van der Waals surface area contributed by atoms with Crippen molar-refractivity contribution < 1.29 is 38.2 Å². The van der Waals surface area contributed by atoms with Gasteiger partial charge in [-0.25, -0.2) is 9.59 Å². The van der Waals surface area contributed by atoms with Gasteiger partial charge < -0.3 is 35.5 Å². The largest absolute Gasteiger partial charge is 0.467 e. The van der Waals surface area contributed by atoms with Crippen LogP contribution in [0.15, 0.2) is 65.7 Å². The minimum atomic E-state index is -2.07. The number of benzene rings is 1. The van der Waals surface area contributed by atoms with Crippen molar-refractivity contribution in [2.45, 2.75) is 116 Å². The van der Waals surface area contributed by atoms with Gasteiger partial charge in [-0.1, -0.05) is 71.9 Å². The van der Waals surface area contributed by atoms with Gasteiger partial charge >= 0.3 is 12.1 Å². The number of carbonyl (C=O) groups is 6. The molecule has 0 aromatic heterocycles. The number of rotatable bonds is 14. The lowest BCUT2D eigenvalue weighted by Crippen LogP contribution is -2.62. The second-order valence-corrected chi connectivity index (χ2v) is 16.3. The van der Waals surface area contributed by atoms with E-state index in [1.165, 1.54) is 19.5 Å². The normalized spacial score (nSPS) is 25.6. The highest BCUT2D eigenvalue weighted by Crippen LogP contribution is 2.46. The summed E-state index contributed by atoms with van der Waals surface area (Å²) >= 11 is 0. The van der Waals surface area contributed by atoms with Crippen LogP contribution in [0.2, 0.25) is 0 Å². The van der Waals surface area contributed by atoms with Crippen LogP contribution in [0.1, 0.15) is 87.1 Å². The molecule has 3 aliphatic rings. The van der Waals surface area contributed by atoms with Crippen LogP contribution in [-0.4, -0.2) is 70.6 Å². The Balaban J connectivity index is 1.83. The lowest BCUT2D eigenvalue weighted by Gasteiger charge is -2.38. The van der Waals surface area contributed by atoms with E-state index in [1.54, 1.807) is 71.2 Å². The molecule has 0 spiro atoms. The van der Waals surface area contributed by atoms with Gasteiger partial charge in [0.15, 0.2) is 22.9 Å². The van der Waals surface area contributed by atoms with Crippen LogP contribution in [0.5, 0.6) is 0 Å². The molecule has 0 fully saturated rings. The fourth-order valence-electron chi connectivity index (χ4n) is 7.85. The predicted molar refractivity (Wildman–Crippen MR) is 196 cm³/mol. The second-order valence-electron chi connectivity index (χ2n) is 16.3. The molecule has 3 aliphatic heterocycles. The maximum Gasteiger partial charge on any atom is 0.408 e. The molecule has 1 aromatic rings. The van der Waals surface area contributed by atoms with Crippen LogP contribution >= 0.6 is 0 Å². The molecule has 0 bridgehead atoms. The molecule has 0 saturated heterocycles. The van der Waals surface area contributed by atoms with E-state index in [-0.39, 0.29) is 53.6 Å². The van der Waals surface area contributed by atoms with Crippen LogP contribution in [0.25, 0.3) is 0 Å². The standard InChI is InChI=1S/C40H54N4O8/c1-24(2)18-37(16-17-45)31(46)28(21-41-37)38(19-25(3)4)32(47)30(23-42-38)40(26(5)6)33(48)29(22-43-40)39(34(49)51-10,20-27-14-12-11-13-15-27)44-35(50)52-36(7,8)9/h11-15,17,21-26,41-43H,16,18-20H2,1-10H3,(H,44,50)/t37-,38+,39+,40+/m1/s1. The number of carbonyl (C=O) groups excluding carboxylic acids is 6. The molecule has 1 aromatic carbocycles. The number of hydrogen-bond donors (Lipinski definition) is 4. The maximum absolute atomic E-state index is 15.2. The highest BCUT2D eigenvalue weighted by Gasteiger charge is 2.64.